The summed E-state index contributed by atoms with van der Waals surface area (Å²) in [5.41, 5.74) is 1.18. The van der Waals surface area contributed by atoms with Crippen molar-refractivity contribution < 1.29 is 51.2 Å². The minimum atomic E-state index is -0.485. The van der Waals surface area contributed by atoms with Crippen molar-refractivity contribution in [3.63, 3.8) is 0 Å². The van der Waals surface area contributed by atoms with Crippen molar-refractivity contribution in [2.45, 2.75) is 125 Å². The Hall–Kier alpha value is -4.13. The Morgan fingerprint density at radius 1 is 0.697 bits per heavy atom. The molecular weight excluding hydrogens is 855 g/mol. The van der Waals surface area contributed by atoms with Crippen molar-refractivity contribution in [1.82, 2.24) is 24.9 Å². The number of piperidine rings is 2. The van der Waals surface area contributed by atoms with Crippen LogP contribution in [0.25, 0.3) is 0 Å². The summed E-state index contributed by atoms with van der Waals surface area (Å²) in [7, 11) is 0. The molecule has 360 valence electrons. The molecule has 0 N–H and O–H groups in total. The summed E-state index contributed by atoms with van der Waals surface area (Å²) in [5.74, 6) is 1.81. The zero-order valence-electron chi connectivity index (χ0n) is 38.7. The van der Waals surface area contributed by atoms with Crippen LogP contribution in [-0.4, -0.2) is 164 Å². The summed E-state index contributed by atoms with van der Waals surface area (Å²) in [5, 5.41) is 7.74. The SMILES string of the molecule is CC(C)(C)OC(=O)N1CC2(C[C@H](N3CCC(c4cc(F)ccc4O[C@H]4CCOC4)CC3)CO2)C1.Fc1ccc(O[C@H]2CCOC2)c(C2CCN([C@@H]3COC4(C3)CN(c3nnco3)C4)CC2)c1. The van der Waals surface area contributed by atoms with Crippen LogP contribution in [0, 0.1) is 11.6 Å². The first kappa shape index (κ1) is 45.6. The minimum Gasteiger partial charge on any atom is -0.488 e. The smallest absolute Gasteiger partial charge is 0.410 e. The van der Waals surface area contributed by atoms with Gasteiger partial charge in [-0.3, -0.25) is 9.80 Å². The third kappa shape index (κ3) is 10.3. The fourth-order valence-electron chi connectivity index (χ4n) is 11.4. The molecule has 66 heavy (non-hydrogen) atoms. The Morgan fingerprint density at radius 3 is 1.64 bits per heavy atom. The fourth-order valence-corrected chi connectivity index (χ4v) is 11.4. The lowest BCUT2D eigenvalue weighted by atomic mass is 9.86. The highest BCUT2D eigenvalue weighted by molar-refractivity contribution is 5.69. The van der Waals surface area contributed by atoms with Crippen LogP contribution < -0.4 is 14.4 Å². The van der Waals surface area contributed by atoms with Crippen molar-refractivity contribution in [3.8, 4) is 11.5 Å². The van der Waals surface area contributed by atoms with Crippen molar-refractivity contribution >= 4 is 12.1 Å². The summed E-state index contributed by atoms with van der Waals surface area (Å²) < 4.78 is 74.6. The third-order valence-electron chi connectivity index (χ3n) is 14.8. The molecule has 8 saturated heterocycles. The summed E-state index contributed by atoms with van der Waals surface area (Å²) in [6.45, 7) is 16.5. The van der Waals surface area contributed by atoms with E-state index in [1.54, 1.807) is 29.2 Å². The number of anilines is 1. The lowest BCUT2D eigenvalue weighted by molar-refractivity contribution is -0.109. The lowest BCUT2D eigenvalue weighted by Crippen LogP contribution is -2.64. The number of halogens is 2. The van der Waals surface area contributed by atoms with E-state index in [1.807, 2.05) is 20.8 Å². The summed E-state index contributed by atoms with van der Waals surface area (Å²) >= 11 is 0. The largest absolute Gasteiger partial charge is 0.488 e. The lowest BCUT2D eigenvalue weighted by Gasteiger charge is -2.47. The normalized spacial score (nSPS) is 28.0. The molecular formula is C49H66F2N6O9. The van der Waals surface area contributed by atoms with Crippen LogP contribution in [0.2, 0.25) is 0 Å². The average molecular weight is 921 g/mol. The first-order valence-corrected chi connectivity index (χ1v) is 24.2. The molecule has 17 heteroatoms. The van der Waals surface area contributed by atoms with Crippen molar-refractivity contribution in [2.24, 2.45) is 0 Å². The van der Waals surface area contributed by atoms with E-state index in [-0.39, 0.29) is 47.1 Å². The molecule has 2 spiro atoms. The maximum absolute atomic E-state index is 14.1. The van der Waals surface area contributed by atoms with Crippen LogP contribution in [0.4, 0.5) is 19.6 Å². The quantitative estimate of drug-likeness (QED) is 0.230. The van der Waals surface area contributed by atoms with Gasteiger partial charge in [0.1, 0.15) is 52.1 Å². The van der Waals surface area contributed by atoms with Gasteiger partial charge in [0, 0.05) is 36.1 Å². The van der Waals surface area contributed by atoms with Crippen LogP contribution in [0.15, 0.2) is 47.2 Å². The zero-order valence-corrected chi connectivity index (χ0v) is 38.7. The van der Waals surface area contributed by atoms with Gasteiger partial charge >= 0.3 is 12.1 Å². The van der Waals surface area contributed by atoms with E-state index in [0.717, 1.165) is 133 Å². The summed E-state index contributed by atoms with van der Waals surface area (Å²) in [6.07, 6.45) is 8.89. The van der Waals surface area contributed by atoms with Gasteiger partial charge in [0.05, 0.1) is 65.8 Å². The molecule has 0 aliphatic carbocycles. The van der Waals surface area contributed by atoms with Crippen molar-refractivity contribution in [1.29, 1.82) is 0 Å². The first-order chi connectivity index (χ1) is 31.9. The van der Waals surface area contributed by atoms with Gasteiger partial charge in [-0.15, -0.1) is 5.10 Å². The van der Waals surface area contributed by atoms with Crippen LogP contribution in [-0.2, 0) is 23.7 Å². The van der Waals surface area contributed by atoms with E-state index in [4.69, 9.17) is 37.6 Å². The van der Waals surface area contributed by atoms with Gasteiger partial charge in [-0.25, -0.2) is 13.6 Å². The molecule has 2 aromatic carbocycles. The number of carbonyl (C=O) groups excluding carboxylic acids is 1. The number of likely N-dealkylation sites (tertiary alicyclic amines) is 3. The van der Waals surface area contributed by atoms with E-state index in [2.05, 4.69) is 24.9 Å². The number of carbonyl (C=O) groups is 1. The van der Waals surface area contributed by atoms with E-state index in [0.29, 0.717) is 56.9 Å². The number of hydrogen-bond donors (Lipinski definition) is 0. The predicted molar refractivity (Wildman–Crippen MR) is 238 cm³/mol. The Kier molecular flexibility index (Phi) is 13.2. The highest BCUT2D eigenvalue weighted by atomic mass is 19.1. The zero-order chi connectivity index (χ0) is 45.5. The van der Waals surface area contributed by atoms with Gasteiger partial charge < -0.3 is 47.4 Å². The summed E-state index contributed by atoms with van der Waals surface area (Å²) in [6, 6.07) is 11.2. The second-order valence-electron chi connectivity index (χ2n) is 20.8. The van der Waals surface area contributed by atoms with E-state index >= 15 is 0 Å². The highest BCUT2D eigenvalue weighted by Gasteiger charge is 2.54. The van der Waals surface area contributed by atoms with Gasteiger partial charge in [0.2, 0.25) is 6.39 Å². The Bertz CT molecular complexity index is 2100. The Balaban J connectivity index is 0.000000155. The number of aromatic nitrogens is 2. The third-order valence-corrected chi connectivity index (χ3v) is 14.8. The van der Waals surface area contributed by atoms with Gasteiger partial charge in [-0.05, 0) is 134 Å². The molecule has 15 nitrogen and oxygen atoms in total. The molecule has 0 saturated carbocycles. The molecule has 8 aliphatic rings. The number of ether oxygens (including phenoxy) is 7. The number of hydrogen-bond acceptors (Lipinski definition) is 14. The summed E-state index contributed by atoms with van der Waals surface area (Å²) in [4.78, 5) is 21.2. The molecule has 1 amide bonds. The molecule has 11 rings (SSSR count). The van der Waals surface area contributed by atoms with Gasteiger partial charge in [-0.2, -0.15) is 0 Å². The number of amides is 1. The number of nitrogens with zero attached hydrogens (tertiary/aromatic N) is 6. The molecule has 9 heterocycles. The molecule has 0 unspecified atom stereocenters. The molecule has 8 aliphatic heterocycles. The Labute approximate surface area is 386 Å². The topological polar surface area (TPSA) is 134 Å². The van der Waals surface area contributed by atoms with Crippen LogP contribution in [0.1, 0.15) is 95.1 Å². The second-order valence-corrected chi connectivity index (χ2v) is 20.8. The standard InChI is InChI=1S/C26H37FN2O5.C23H29FN4O4/c1-25(2,3)34-24(30)29-16-26(17-29)13-20(14-32-26)28-9-6-18(7-10-28)22-12-19(27)4-5-23(22)33-21-8-11-31-15-21;24-17-1-2-21(32-19-5-8-29-12-19)20(9-17)16-3-6-27(7-4-16)18-10-23(31-11-18)13-28(14-23)22-26-25-15-30-22/h4-5,12,18,20-21H,6-11,13-17H2,1-3H3;1-2,9,15-16,18-19H,3-8,10-14H2/t20-,21-;18-,19-/m00/s1. The predicted octanol–water partition coefficient (Wildman–Crippen LogP) is 6.55. The molecule has 0 bridgehead atoms. The molecule has 1 aromatic heterocycles. The highest BCUT2D eigenvalue weighted by Crippen LogP contribution is 2.43. The van der Waals surface area contributed by atoms with E-state index in [9.17, 15) is 13.6 Å². The number of benzene rings is 2. The van der Waals surface area contributed by atoms with Gasteiger partial charge in [0.25, 0.3) is 0 Å². The average Bonchev–Trinajstić information content (AvgIpc) is 4.14. The monoisotopic (exact) mass is 920 g/mol. The van der Waals surface area contributed by atoms with Gasteiger partial charge in [-0.1, -0.05) is 5.10 Å². The molecule has 4 atom stereocenters. The van der Waals surface area contributed by atoms with Crippen LogP contribution in [0.5, 0.6) is 11.5 Å². The van der Waals surface area contributed by atoms with Crippen LogP contribution in [0.3, 0.4) is 0 Å². The van der Waals surface area contributed by atoms with Gasteiger partial charge in [0.15, 0.2) is 0 Å². The molecule has 3 aromatic rings. The van der Waals surface area contributed by atoms with Crippen molar-refractivity contribution in [2.75, 3.05) is 96.9 Å². The molecule has 8 fully saturated rings. The van der Waals surface area contributed by atoms with Crippen molar-refractivity contribution in [3.05, 3.63) is 65.6 Å². The maximum atomic E-state index is 14.1. The molecule has 0 radical (unpaired) electrons. The number of rotatable bonds is 9. The fraction of sp³-hybridized carbons (Fsp3) is 0.694. The van der Waals surface area contributed by atoms with E-state index < -0.39 is 5.60 Å². The minimum absolute atomic E-state index is 0.0545. The second kappa shape index (κ2) is 19.1. The Morgan fingerprint density at radius 2 is 1.20 bits per heavy atom. The maximum Gasteiger partial charge on any atom is 0.410 e. The van der Waals surface area contributed by atoms with Crippen LogP contribution >= 0.6 is 0 Å². The first-order valence-electron chi connectivity index (χ1n) is 24.2. The van der Waals surface area contributed by atoms with E-state index in [1.165, 1.54) is 18.5 Å².